The lowest BCUT2D eigenvalue weighted by atomic mass is 9.93. The van der Waals surface area contributed by atoms with E-state index in [1.54, 1.807) is 6.92 Å². The number of rotatable bonds is 9. The van der Waals surface area contributed by atoms with Crippen LogP contribution in [0.15, 0.2) is 83.4 Å². The molecule has 0 radical (unpaired) electrons. The lowest BCUT2D eigenvalue weighted by Gasteiger charge is -2.15. The van der Waals surface area contributed by atoms with Gasteiger partial charge in [-0.1, -0.05) is 84.0 Å². The molecule has 0 bridgehead atoms. The highest BCUT2D eigenvalue weighted by Crippen LogP contribution is 2.49. The van der Waals surface area contributed by atoms with Crippen molar-refractivity contribution in [3.8, 4) is 22.5 Å². The van der Waals surface area contributed by atoms with E-state index < -0.39 is 17.6 Å². The van der Waals surface area contributed by atoms with Crippen LogP contribution in [-0.2, 0) is 19.7 Å². The fraction of sp³-hybridized carbons (Fsp3) is 0.258. The van der Waals surface area contributed by atoms with Gasteiger partial charge in [0.1, 0.15) is 24.1 Å². The van der Waals surface area contributed by atoms with Gasteiger partial charge >= 0.3 is 12.1 Å². The van der Waals surface area contributed by atoms with E-state index in [4.69, 9.17) is 19.1 Å². The molecule has 0 saturated heterocycles. The number of aliphatic hydroxyl groups is 1. The first-order valence-electron chi connectivity index (χ1n) is 12.9. The minimum Gasteiger partial charge on any atom is -0.463 e. The number of amides is 1. The van der Waals surface area contributed by atoms with Crippen LogP contribution >= 0.6 is 0 Å². The number of aromatic nitrogens is 1. The molecule has 8 heteroatoms. The molecule has 1 heterocycles. The van der Waals surface area contributed by atoms with E-state index in [-0.39, 0.29) is 19.2 Å². The summed E-state index contributed by atoms with van der Waals surface area (Å²) in [7, 11) is 0. The number of nitrogens with zero attached hydrogens (tertiary/aromatic N) is 1. The highest BCUT2D eigenvalue weighted by Gasteiger charge is 2.52. The lowest BCUT2D eigenvalue weighted by molar-refractivity contribution is -0.147. The number of esters is 1. The Bertz CT molecular complexity index is 1440. The number of carbonyl (C=O) groups is 2. The predicted octanol–water partition coefficient (Wildman–Crippen LogP) is 6.19. The normalized spacial score (nSPS) is 14.3. The van der Waals surface area contributed by atoms with Gasteiger partial charge in [-0.2, -0.15) is 0 Å². The number of aryl methyl sites for hydroxylation is 1. The maximum Gasteiger partial charge on any atom is 0.412 e. The zero-order valence-electron chi connectivity index (χ0n) is 21.8. The maximum absolute atomic E-state index is 12.6. The third kappa shape index (κ3) is 5.56. The van der Waals surface area contributed by atoms with Crippen molar-refractivity contribution < 1.29 is 28.7 Å². The van der Waals surface area contributed by atoms with Crippen LogP contribution < -0.4 is 5.32 Å². The number of anilines is 1. The first kappa shape index (κ1) is 26.2. The molecule has 39 heavy (non-hydrogen) atoms. The second-order valence-corrected chi connectivity index (χ2v) is 9.65. The molecule has 200 valence electrons. The summed E-state index contributed by atoms with van der Waals surface area (Å²) in [5.74, 6) is 0.162. The average Bonchev–Trinajstić information content (AvgIpc) is 3.71. The fourth-order valence-electron chi connectivity index (χ4n) is 4.61. The maximum atomic E-state index is 12.6. The second-order valence-electron chi connectivity index (χ2n) is 9.65. The van der Waals surface area contributed by atoms with Crippen LogP contribution in [0.5, 0.6) is 0 Å². The molecule has 0 aliphatic heterocycles. The number of ether oxygens (including phenoxy) is 2. The minimum absolute atomic E-state index is 0.0148. The van der Waals surface area contributed by atoms with Crippen LogP contribution in [0.1, 0.15) is 42.7 Å². The number of aliphatic hydroxyl groups excluding tert-OH is 1. The van der Waals surface area contributed by atoms with Gasteiger partial charge in [-0.25, -0.2) is 4.79 Å². The van der Waals surface area contributed by atoms with Crippen molar-refractivity contribution in [2.45, 2.75) is 38.2 Å². The topological polar surface area (TPSA) is 111 Å². The SMILES string of the molecule is Cc1noc(-c2ccc(-c3ccc(C4(C(=O)OCCO)CC4)cc3)cc2)c1NC(=O)OC(C)c1ccccc1. The molecule has 1 aliphatic carbocycles. The summed E-state index contributed by atoms with van der Waals surface area (Å²) < 4.78 is 16.3. The van der Waals surface area contributed by atoms with Crippen molar-refractivity contribution in [1.29, 1.82) is 0 Å². The Morgan fingerprint density at radius 3 is 2.21 bits per heavy atom. The summed E-state index contributed by atoms with van der Waals surface area (Å²) in [4.78, 5) is 25.1. The Morgan fingerprint density at radius 1 is 0.974 bits per heavy atom. The van der Waals surface area contributed by atoms with Gasteiger partial charge in [0.15, 0.2) is 5.76 Å². The fourth-order valence-corrected chi connectivity index (χ4v) is 4.61. The number of hydrogen-bond donors (Lipinski definition) is 2. The van der Waals surface area contributed by atoms with Gasteiger partial charge in [0.2, 0.25) is 0 Å². The van der Waals surface area contributed by atoms with Crippen molar-refractivity contribution >= 4 is 17.7 Å². The molecule has 0 spiro atoms. The number of carbonyl (C=O) groups excluding carboxylic acids is 2. The minimum atomic E-state index is -0.593. The van der Waals surface area contributed by atoms with E-state index in [2.05, 4.69) is 10.5 Å². The third-order valence-corrected chi connectivity index (χ3v) is 7.03. The Labute approximate surface area is 226 Å². The van der Waals surface area contributed by atoms with Crippen molar-refractivity contribution in [3.63, 3.8) is 0 Å². The molecule has 1 saturated carbocycles. The standard InChI is InChI=1S/C31H30N2O6/c1-20-27(32-30(36)38-21(2)22-6-4-3-5-7-22)28(39-33-20)25-10-8-23(9-11-25)24-12-14-26(15-13-24)31(16-17-31)29(35)37-19-18-34/h3-15,21,34H,16-19H2,1-2H3,(H,32,36). The van der Waals surface area contributed by atoms with Gasteiger partial charge in [-0.05, 0) is 48.9 Å². The van der Waals surface area contributed by atoms with Gasteiger partial charge in [0.25, 0.3) is 0 Å². The van der Waals surface area contributed by atoms with Crippen LogP contribution in [0.2, 0.25) is 0 Å². The highest BCUT2D eigenvalue weighted by molar-refractivity contribution is 5.91. The van der Waals surface area contributed by atoms with Gasteiger partial charge in [0, 0.05) is 5.56 Å². The second kappa shape index (κ2) is 11.1. The van der Waals surface area contributed by atoms with Crippen molar-refractivity contribution in [2.24, 2.45) is 0 Å². The van der Waals surface area contributed by atoms with Crippen LogP contribution in [-0.4, -0.2) is 35.5 Å². The van der Waals surface area contributed by atoms with E-state index in [1.807, 2.05) is 85.8 Å². The smallest absolute Gasteiger partial charge is 0.412 e. The molecule has 1 fully saturated rings. The average molecular weight is 527 g/mol. The summed E-state index contributed by atoms with van der Waals surface area (Å²) in [5, 5.41) is 15.8. The molecular weight excluding hydrogens is 496 g/mol. The molecule has 1 atom stereocenters. The summed E-state index contributed by atoms with van der Waals surface area (Å²) in [5.41, 5.74) is 4.96. The van der Waals surface area contributed by atoms with Gasteiger partial charge in [0.05, 0.1) is 12.0 Å². The molecule has 8 nitrogen and oxygen atoms in total. The van der Waals surface area contributed by atoms with Crippen LogP contribution in [0.3, 0.4) is 0 Å². The first-order chi connectivity index (χ1) is 18.9. The van der Waals surface area contributed by atoms with E-state index in [1.165, 1.54) is 0 Å². The monoisotopic (exact) mass is 526 g/mol. The van der Waals surface area contributed by atoms with Crippen molar-refractivity contribution in [1.82, 2.24) is 5.16 Å². The van der Waals surface area contributed by atoms with Gasteiger partial charge in [-0.3, -0.25) is 10.1 Å². The Hall–Kier alpha value is -4.43. The predicted molar refractivity (Wildman–Crippen MR) is 146 cm³/mol. The zero-order valence-corrected chi connectivity index (χ0v) is 21.8. The Kier molecular flexibility index (Phi) is 7.47. The molecule has 3 aromatic carbocycles. The van der Waals surface area contributed by atoms with Crippen LogP contribution in [0, 0.1) is 6.92 Å². The summed E-state index contributed by atoms with van der Waals surface area (Å²) in [6.07, 6.45) is 0.485. The zero-order chi connectivity index (χ0) is 27.4. The van der Waals surface area contributed by atoms with Gasteiger partial charge < -0.3 is 19.1 Å². The summed E-state index contributed by atoms with van der Waals surface area (Å²) >= 11 is 0. The summed E-state index contributed by atoms with van der Waals surface area (Å²) in [6, 6.07) is 25.1. The number of benzene rings is 3. The molecule has 1 unspecified atom stereocenters. The largest absolute Gasteiger partial charge is 0.463 e. The van der Waals surface area contributed by atoms with Gasteiger partial charge in [-0.15, -0.1) is 0 Å². The molecule has 1 aromatic heterocycles. The molecule has 1 amide bonds. The van der Waals surface area contributed by atoms with Crippen LogP contribution in [0.4, 0.5) is 10.5 Å². The summed E-state index contributed by atoms with van der Waals surface area (Å²) in [6.45, 7) is 3.40. The third-order valence-electron chi connectivity index (χ3n) is 7.03. The molecule has 4 aromatic rings. The Morgan fingerprint density at radius 2 is 1.59 bits per heavy atom. The lowest BCUT2D eigenvalue weighted by Crippen LogP contribution is -2.24. The highest BCUT2D eigenvalue weighted by atomic mass is 16.6. The number of nitrogens with one attached hydrogen (secondary N) is 1. The molecule has 5 rings (SSSR count). The number of hydrogen-bond acceptors (Lipinski definition) is 7. The molecule has 1 aliphatic rings. The molecule has 2 N–H and O–H groups in total. The first-order valence-corrected chi connectivity index (χ1v) is 12.9. The van der Waals surface area contributed by atoms with Crippen molar-refractivity contribution in [2.75, 3.05) is 18.5 Å². The van der Waals surface area contributed by atoms with Crippen molar-refractivity contribution in [3.05, 3.63) is 95.7 Å². The quantitative estimate of drug-likeness (QED) is 0.250. The molecular formula is C31H30N2O6. The van der Waals surface area contributed by atoms with Crippen LogP contribution in [0.25, 0.3) is 22.5 Å². The van der Waals surface area contributed by atoms with E-state index in [9.17, 15) is 9.59 Å². The van der Waals surface area contributed by atoms with E-state index in [0.717, 1.165) is 40.7 Å². The van der Waals surface area contributed by atoms with E-state index in [0.29, 0.717) is 17.1 Å². The van der Waals surface area contributed by atoms with E-state index >= 15 is 0 Å². The Balaban J connectivity index is 1.27.